The first-order valence-corrected chi connectivity index (χ1v) is 6.47. The highest BCUT2D eigenvalue weighted by Crippen LogP contribution is 2.33. The highest BCUT2D eigenvalue weighted by Gasteiger charge is 2.21. The first kappa shape index (κ1) is 11.6. The normalized spacial score (nSPS) is 14.9. The van der Waals surface area contributed by atoms with Crippen molar-refractivity contribution in [3.63, 3.8) is 0 Å². The van der Waals surface area contributed by atoms with E-state index in [1.54, 1.807) is 0 Å². The molecule has 1 heterocycles. The average Bonchev–Trinajstić information content (AvgIpc) is 3.08. The number of nitrogens with one attached hydrogen (secondary N) is 1. The van der Waals surface area contributed by atoms with Crippen LogP contribution in [0.2, 0.25) is 0 Å². The van der Waals surface area contributed by atoms with Crippen molar-refractivity contribution in [1.82, 2.24) is 9.97 Å². The molecule has 0 bridgehead atoms. The lowest BCUT2D eigenvalue weighted by atomic mass is 10.3. The Hall–Kier alpha value is -0.840. The number of halogens is 1. The maximum atomic E-state index is 5.64. The van der Waals surface area contributed by atoms with Gasteiger partial charge in [-0.15, -0.1) is 0 Å². The SMILES string of the molecule is CCNc1ncnc(OCCC2CC2)c1Br. The molecule has 0 aliphatic heterocycles. The summed E-state index contributed by atoms with van der Waals surface area (Å²) in [5.74, 6) is 2.30. The largest absolute Gasteiger partial charge is 0.477 e. The van der Waals surface area contributed by atoms with Gasteiger partial charge in [-0.05, 0) is 35.2 Å². The van der Waals surface area contributed by atoms with E-state index in [1.807, 2.05) is 6.92 Å². The van der Waals surface area contributed by atoms with Gasteiger partial charge in [0.05, 0.1) is 6.61 Å². The number of hydrogen-bond donors (Lipinski definition) is 1. The average molecular weight is 286 g/mol. The number of aromatic nitrogens is 2. The molecular weight excluding hydrogens is 270 g/mol. The van der Waals surface area contributed by atoms with Gasteiger partial charge in [0.1, 0.15) is 16.6 Å². The Kier molecular flexibility index (Phi) is 3.98. The lowest BCUT2D eigenvalue weighted by Crippen LogP contribution is -2.05. The van der Waals surface area contributed by atoms with E-state index in [1.165, 1.54) is 19.2 Å². The maximum Gasteiger partial charge on any atom is 0.233 e. The molecule has 0 unspecified atom stereocenters. The quantitative estimate of drug-likeness (QED) is 0.873. The van der Waals surface area contributed by atoms with Gasteiger partial charge in [-0.1, -0.05) is 12.8 Å². The summed E-state index contributed by atoms with van der Waals surface area (Å²) in [4.78, 5) is 8.25. The summed E-state index contributed by atoms with van der Waals surface area (Å²) in [6, 6.07) is 0. The molecule has 5 heteroatoms. The zero-order valence-corrected chi connectivity index (χ0v) is 11.0. The molecule has 4 nitrogen and oxygen atoms in total. The van der Waals surface area contributed by atoms with Crippen LogP contribution in [0.25, 0.3) is 0 Å². The van der Waals surface area contributed by atoms with Crippen molar-refractivity contribution >= 4 is 21.7 Å². The molecule has 1 saturated carbocycles. The van der Waals surface area contributed by atoms with Crippen molar-refractivity contribution in [2.24, 2.45) is 5.92 Å². The summed E-state index contributed by atoms with van der Waals surface area (Å²) < 4.78 is 6.45. The van der Waals surface area contributed by atoms with Gasteiger partial charge in [0.2, 0.25) is 5.88 Å². The van der Waals surface area contributed by atoms with E-state index in [9.17, 15) is 0 Å². The monoisotopic (exact) mass is 285 g/mol. The minimum Gasteiger partial charge on any atom is -0.477 e. The Morgan fingerprint density at radius 1 is 1.50 bits per heavy atom. The number of rotatable bonds is 6. The fourth-order valence-electron chi connectivity index (χ4n) is 1.47. The van der Waals surface area contributed by atoms with Crippen molar-refractivity contribution in [3.05, 3.63) is 10.8 Å². The third-order valence-corrected chi connectivity index (χ3v) is 3.28. The smallest absolute Gasteiger partial charge is 0.233 e. The summed E-state index contributed by atoms with van der Waals surface area (Å²) in [5, 5.41) is 3.15. The first-order chi connectivity index (χ1) is 7.81. The van der Waals surface area contributed by atoms with E-state index in [2.05, 4.69) is 31.2 Å². The molecule has 16 heavy (non-hydrogen) atoms. The molecule has 2 rings (SSSR count). The first-order valence-electron chi connectivity index (χ1n) is 5.68. The van der Waals surface area contributed by atoms with Crippen LogP contribution in [0.5, 0.6) is 5.88 Å². The van der Waals surface area contributed by atoms with Crippen LogP contribution in [-0.4, -0.2) is 23.1 Å². The van der Waals surface area contributed by atoms with Gasteiger partial charge < -0.3 is 10.1 Å². The molecule has 1 aromatic rings. The zero-order chi connectivity index (χ0) is 11.4. The molecule has 1 fully saturated rings. The Morgan fingerprint density at radius 3 is 3.00 bits per heavy atom. The van der Waals surface area contributed by atoms with Gasteiger partial charge in [0, 0.05) is 6.54 Å². The van der Waals surface area contributed by atoms with Crippen LogP contribution in [0.15, 0.2) is 10.8 Å². The van der Waals surface area contributed by atoms with Crippen molar-refractivity contribution < 1.29 is 4.74 Å². The molecule has 0 radical (unpaired) electrons. The zero-order valence-electron chi connectivity index (χ0n) is 9.37. The van der Waals surface area contributed by atoms with Gasteiger partial charge in [-0.3, -0.25) is 0 Å². The van der Waals surface area contributed by atoms with Crippen LogP contribution in [0.4, 0.5) is 5.82 Å². The number of nitrogens with zero attached hydrogens (tertiary/aromatic N) is 2. The molecule has 0 aromatic carbocycles. The van der Waals surface area contributed by atoms with Gasteiger partial charge in [0.25, 0.3) is 0 Å². The minimum atomic E-state index is 0.631. The van der Waals surface area contributed by atoms with Crippen LogP contribution in [0.1, 0.15) is 26.2 Å². The lowest BCUT2D eigenvalue weighted by Gasteiger charge is -2.09. The van der Waals surface area contributed by atoms with E-state index in [4.69, 9.17) is 4.74 Å². The van der Waals surface area contributed by atoms with E-state index in [0.29, 0.717) is 5.88 Å². The summed E-state index contributed by atoms with van der Waals surface area (Å²) in [7, 11) is 0. The maximum absolute atomic E-state index is 5.64. The summed E-state index contributed by atoms with van der Waals surface area (Å²) >= 11 is 3.45. The topological polar surface area (TPSA) is 47.0 Å². The Bertz CT molecular complexity index is 355. The molecule has 1 aliphatic rings. The molecule has 1 N–H and O–H groups in total. The van der Waals surface area contributed by atoms with Gasteiger partial charge in [-0.2, -0.15) is 0 Å². The highest BCUT2D eigenvalue weighted by atomic mass is 79.9. The highest BCUT2D eigenvalue weighted by molar-refractivity contribution is 9.10. The molecule has 1 aliphatic carbocycles. The van der Waals surface area contributed by atoms with Gasteiger partial charge in [-0.25, -0.2) is 9.97 Å². The number of anilines is 1. The van der Waals surface area contributed by atoms with E-state index < -0.39 is 0 Å². The fourth-order valence-corrected chi connectivity index (χ4v) is 1.93. The van der Waals surface area contributed by atoms with Crippen molar-refractivity contribution in [2.75, 3.05) is 18.5 Å². The van der Waals surface area contributed by atoms with Gasteiger partial charge in [0.15, 0.2) is 0 Å². The van der Waals surface area contributed by atoms with Crippen LogP contribution >= 0.6 is 15.9 Å². The molecule has 0 spiro atoms. The summed E-state index contributed by atoms with van der Waals surface area (Å²) in [6.07, 6.45) is 5.37. The second kappa shape index (κ2) is 5.48. The van der Waals surface area contributed by atoms with E-state index in [-0.39, 0.29) is 0 Å². The standard InChI is InChI=1S/C11H16BrN3O/c1-2-13-10-9(12)11(15-7-14-10)16-6-5-8-3-4-8/h7-8H,2-6H2,1H3,(H,13,14,15). The second-order valence-electron chi connectivity index (χ2n) is 3.95. The Balaban J connectivity index is 1.93. The third kappa shape index (κ3) is 3.07. The Labute approximate surface area is 104 Å². The van der Waals surface area contributed by atoms with Crippen molar-refractivity contribution in [1.29, 1.82) is 0 Å². The van der Waals surface area contributed by atoms with Gasteiger partial charge >= 0.3 is 0 Å². The molecular formula is C11H16BrN3O. The molecule has 88 valence electrons. The van der Waals surface area contributed by atoms with E-state index >= 15 is 0 Å². The van der Waals surface area contributed by atoms with Crippen LogP contribution in [-0.2, 0) is 0 Å². The third-order valence-electron chi connectivity index (χ3n) is 2.56. The minimum absolute atomic E-state index is 0.631. The van der Waals surface area contributed by atoms with Crippen LogP contribution in [0.3, 0.4) is 0 Å². The summed E-state index contributed by atoms with van der Waals surface area (Å²) in [6.45, 7) is 3.60. The molecule has 0 saturated heterocycles. The Morgan fingerprint density at radius 2 is 2.31 bits per heavy atom. The predicted octanol–water partition coefficient (Wildman–Crippen LogP) is 2.85. The fraction of sp³-hybridized carbons (Fsp3) is 0.636. The lowest BCUT2D eigenvalue weighted by molar-refractivity contribution is 0.289. The van der Waals surface area contributed by atoms with Crippen molar-refractivity contribution in [2.45, 2.75) is 26.2 Å². The predicted molar refractivity (Wildman–Crippen MR) is 66.7 cm³/mol. The second-order valence-corrected chi connectivity index (χ2v) is 4.75. The number of ether oxygens (including phenoxy) is 1. The summed E-state index contributed by atoms with van der Waals surface area (Å²) in [5.41, 5.74) is 0. The number of hydrogen-bond acceptors (Lipinski definition) is 4. The van der Waals surface area contributed by atoms with Crippen molar-refractivity contribution in [3.8, 4) is 5.88 Å². The van der Waals surface area contributed by atoms with Crippen LogP contribution in [0, 0.1) is 5.92 Å². The van der Waals surface area contributed by atoms with E-state index in [0.717, 1.165) is 35.8 Å². The van der Waals surface area contributed by atoms with Crippen LogP contribution < -0.4 is 10.1 Å². The molecule has 0 atom stereocenters. The molecule has 1 aromatic heterocycles. The molecule has 0 amide bonds.